The number of rotatable bonds is 9. The van der Waals surface area contributed by atoms with Crippen LogP contribution in [0.4, 0.5) is 0 Å². The zero-order valence-electron chi connectivity index (χ0n) is 21.1. The van der Waals surface area contributed by atoms with Gasteiger partial charge in [-0.25, -0.2) is 9.59 Å². The first-order valence-corrected chi connectivity index (χ1v) is 12.2. The number of methoxy groups -OCH3 is 1. The number of carboxylic acid groups (broad SMARTS) is 1. The van der Waals surface area contributed by atoms with E-state index in [2.05, 4.69) is 0 Å². The van der Waals surface area contributed by atoms with E-state index in [9.17, 15) is 45.3 Å². The zero-order chi connectivity index (χ0) is 29.2. The molecule has 0 unspecified atom stereocenters. The van der Waals surface area contributed by atoms with Gasteiger partial charge in [0.1, 0.15) is 36.6 Å². The lowest BCUT2D eigenvalue weighted by Gasteiger charge is -2.44. The number of aromatic hydroxyl groups is 1. The number of carbonyl (C=O) groups excluding carboxylic acids is 1. The number of phenolic OH excluding ortho intramolecular Hbond substituents is 1. The summed E-state index contributed by atoms with van der Waals surface area (Å²) in [6.45, 7) is -1.35. The van der Waals surface area contributed by atoms with Crippen molar-refractivity contribution in [2.45, 2.75) is 42.6 Å². The van der Waals surface area contributed by atoms with E-state index in [1.807, 2.05) is 0 Å². The molecule has 1 fully saturated rings. The van der Waals surface area contributed by atoms with E-state index in [0.29, 0.717) is 5.56 Å². The number of allylic oxidation sites excluding steroid dienone is 1. The van der Waals surface area contributed by atoms with E-state index < -0.39 is 79.6 Å². The van der Waals surface area contributed by atoms with Crippen molar-refractivity contribution in [2.75, 3.05) is 20.3 Å². The Labute approximate surface area is 227 Å². The minimum atomic E-state index is -1.93. The van der Waals surface area contributed by atoms with E-state index in [4.69, 9.17) is 23.7 Å². The molecule has 0 radical (unpaired) electrons. The first kappa shape index (κ1) is 29.5. The summed E-state index contributed by atoms with van der Waals surface area (Å²) in [6.07, 6.45) is -3.78. The molecule has 0 bridgehead atoms. The largest absolute Gasteiger partial charge is 0.504 e. The van der Waals surface area contributed by atoms with Gasteiger partial charge in [0.25, 0.3) is 0 Å². The number of aliphatic hydroxyl groups excluding tert-OH is 4. The van der Waals surface area contributed by atoms with Gasteiger partial charge in [0.2, 0.25) is 6.29 Å². The fraction of sp³-hybridized carbons (Fsp3) is 0.462. The summed E-state index contributed by atoms with van der Waals surface area (Å²) in [6, 6.07) is 4.39. The molecule has 218 valence electrons. The Morgan fingerprint density at radius 1 is 1.12 bits per heavy atom. The van der Waals surface area contributed by atoms with Crippen LogP contribution < -0.4 is 4.74 Å². The van der Waals surface area contributed by atoms with Gasteiger partial charge >= 0.3 is 11.9 Å². The number of fused-ring (bicyclic) bond motifs is 1. The van der Waals surface area contributed by atoms with Crippen LogP contribution in [-0.4, -0.2) is 111 Å². The van der Waals surface area contributed by atoms with Gasteiger partial charge in [-0.3, -0.25) is 0 Å². The molecule has 9 atom stereocenters. The van der Waals surface area contributed by atoms with Crippen LogP contribution in [0.5, 0.6) is 11.5 Å². The van der Waals surface area contributed by atoms with Gasteiger partial charge < -0.3 is 59.4 Å². The molecule has 1 aromatic carbocycles. The highest BCUT2D eigenvalue weighted by Gasteiger charge is 2.55. The minimum absolute atomic E-state index is 0.0825. The Hall–Kier alpha value is -3.50. The molecule has 0 aromatic heterocycles. The highest BCUT2D eigenvalue weighted by atomic mass is 16.8. The van der Waals surface area contributed by atoms with E-state index >= 15 is 0 Å². The molecule has 2 heterocycles. The van der Waals surface area contributed by atoms with Crippen LogP contribution in [0.25, 0.3) is 6.08 Å². The number of carboxylic acids is 1. The van der Waals surface area contributed by atoms with Crippen LogP contribution in [-0.2, 0) is 28.5 Å². The fourth-order valence-electron chi connectivity index (χ4n) is 4.76. The van der Waals surface area contributed by atoms with Crippen LogP contribution in [0.3, 0.4) is 0 Å². The third kappa shape index (κ3) is 5.83. The Kier molecular flexibility index (Phi) is 8.80. The van der Waals surface area contributed by atoms with Gasteiger partial charge in [-0.05, 0) is 23.8 Å². The lowest BCUT2D eigenvalue weighted by molar-refractivity contribution is -0.346. The number of aliphatic carboxylic acids is 1. The quantitative estimate of drug-likeness (QED) is 0.104. The summed E-state index contributed by atoms with van der Waals surface area (Å²) in [5, 5.41) is 70.9. The topological polar surface area (TPSA) is 222 Å². The maximum atomic E-state index is 12.2. The normalized spacial score (nSPS) is 35.1. The average Bonchev–Trinajstić information content (AvgIpc) is 3.30. The first-order valence-electron chi connectivity index (χ1n) is 12.2. The Balaban J connectivity index is 1.42. The van der Waals surface area contributed by atoms with Crippen LogP contribution in [0.15, 0.2) is 48.3 Å². The van der Waals surface area contributed by atoms with Crippen LogP contribution in [0.2, 0.25) is 0 Å². The predicted octanol–water partition coefficient (Wildman–Crippen LogP) is -1.37. The zero-order valence-corrected chi connectivity index (χ0v) is 21.1. The van der Waals surface area contributed by atoms with E-state index in [1.54, 1.807) is 0 Å². The van der Waals surface area contributed by atoms with Gasteiger partial charge in [0, 0.05) is 12.0 Å². The number of hydrogen-bond donors (Lipinski definition) is 7. The molecule has 0 amide bonds. The van der Waals surface area contributed by atoms with Crippen molar-refractivity contribution in [3.05, 3.63) is 53.8 Å². The first-order chi connectivity index (χ1) is 19.0. The third-order valence-corrected chi connectivity index (χ3v) is 6.98. The second-order valence-electron chi connectivity index (χ2n) is 9.49. The molecule has 40 heavy (non-hydrogen) atoms. The second kappa shape index (κ2) is 11.9. The number of hydrogen-bond acceptors (Lipinski definition) is 13. The van der Waals surface area contributed by atoms with Crippen molar-refractivity contribution in [1.82, 2.24) is 0 Å². The van der Waals surface area contributed by atoms with Crippen molar-refractivity contribution >= 4 is 18.0 Å². The number of carbonyl (C=O) groups is 2. The number of ether oxygens (including phenoxy) is 5. The molecular weight excluding hydrogens is 536 g/mol. The maximum absolute atomic E-state index is 12.2. The molecule has 7 N–H and O–H groups in total. The van der Waals surface area contributed by atoms with Gasteiger partial charge in [-0.1, -0.05) is 18.2 Å². The number of esters is 1. The molecule has 14 heteroatoms. The van der Waals surface area contributed by atoms with Crippen molar-refractivity contribution in [1.29, 1.82) is 0 Å². The summed E-state index contributed by atoms with van der Waals surface area (Å²) >= 11 is 0. The van der Waals surface area contributed by atoms with Crippen LogP contribution in [0, 0.1) is 11.8 Å². The fourth-order valence-corrected chi connectivity index (χ4v) is 4.76. The van der Waals surface area contributed by atoms with Crippen molar-refractivity contribution < 1.29 is 69.0 Å². The summed E-state index contributed by atoms with van der Waals surface area (Å²) in [4.78, 5) is 23.9. The highest BCUT2D eigenvalue weighted by molar-refractivity contribution is 5.88. The van der Waals surface area contributed by atoms with Crippen LogP contribution >= 0.6 is 0 Å². The van der Waals surface area contributed by atoms with Gasteiger partial charge in [0.15, 0.2) is 17.8 Å². The SMILES string of the molecule is COc1cc(C=CC(=O)OC[C@@H]2O[C@@H](O[C@H]3OC=C(C(=O)O)[C@@H]4C=C[C@@](O)(CO)[C@H]34)[C@H](O)[C@H](O)[C@H]2O)ccc1O. The van der Waals surface area contributed by atoms with Crippen molar-refractivity contribution in [2.24, 2.45) is 11.8 Å². The van der Waals surface area contributed by atoms with E-state index in [1.165, 1.54) is 43.5 Å². The molecule has 1 aliphatic carbocycles. The standard InChI is InChI=1S/C26H30O14/c1-36-16-8-12(2-4-15(16)28)3-5-18(29)37-10-17-20(30)21(31)22(32)25(39-17)40-24-19-13(6-7-26(19,35)11-27)14(9-38-24)23(33)34/h2-9,13,17,19-22,24-25,27-28,30-32,35H,10-11H2,1H3,(H,33,34)/t13-,17-,19-,20-,21+,22+,24+,25-,26+/m0/s1. The number of benzene rings is 1. The molecule has 1 aromatic rings. The highest BCUT2D eigenvalue weighted by Crippen LogP contribution is 2.45. The monoisotopic (exact) mass is 566 g/mol. The van der Waals surface area contributed by atoms with Crippen molar-refractivity contribution in [3.8, 4) is 11.5 Å². The molecule has 0 saturated carbocycles. The summed E-state index contributed by atoms with van der Waals surface area (Å²) in [5.41, 5.74) is -1.61. The number of aliphatic hydroxyl groups is 5. The second-order valence-corrected chi connectivity index (χ2v) is 9.49. The molecule has 2 aliphatic heterocycles. The predicted molar refractivity (Wildman–Crippen MR) is 131 cm³/mol. The summed E-state index contributed by atoms with van der Waals surface area (Å²) in [5.74, 6) is -4.11. The molecule has 4 rings (SSSR count). The molecule has 14 nitrogen and oxygen atoms in total. The summed E-state index contributed by atoms with van der Waals surface area (Å²) in [7, 11) is 1.37. The summed E-state index contributed by atoms with van der Waals surface area (Å²) < 4.78 is 26.7. The van der Waals surface area contributed by atoms with E-state index in [0.717, 1.165) is 12.3 Å². The van der Waals surface area contributed by atoms with Gasteiger partial charge in [0.05, 0.1) is 31.5 Å². The van der Waals surface area contributed by atoms with Gasteiger partial charge in [-0.2, -0.15) is 0 Å². The molecule has 1 saturated heterocycles. The molecule has 3 aliphatic rings. The Morgan fingerprint density at radius 3 is 2.55 bits per heavy atom. The maximum Gasteiger partial charge on any atom is 0.335 e. The molecular formula is C26H30O14. The number of phenols is 1. The Morgan fingerprint density at radius 2 is 1.88 bits per heavy atom. The average molecular weight is 567 g/mol. The van der Waals surface area contributed by atoms with Crippen LogP contribution in [0.1, 0.15) is 5.56 Å². The molecule has 0 spiro atoms. The third-order valence-electron chi connectivity index (χ3n) is 6.98. The minimum Gasteiger partial charge on any atom is -0.504 e. The van der Waals surface area contributed by atoms with Gasteiger partial charge in [-0.15, -0.1) is 0 Å². The lowest BCUT2D eigenvalue weighted by atomic mass is 9.79. The van der Waals surface area contributed by atoms with Crippen molar-refractivity contribution in [3.63, 3.8) is 0 Å². The van der Waals surface area contributed by atoms with E-state index in [-0.39, 0.29) is 17.1 Å². The lowest BCUT2D eigenvalue weighted by Crippen LogP contribution is -2.61. The Bertz CT molecular complexity index is 1190. The smallest absolute Gasteiger partial charge is 0.335 e.